The third-order valence-electron chi connectivity index (χ3n) is 2.68. The standard InChI is InChI=1S/C13H18N2O2.ClH/c1-2-7-17-9-13(16)15-11-3-4-12-10(8-11)5-6-14-12;/h3-4,8,14H,2,5-7,9H2,1H3,(H,15,16);1H. The molecule has 0 saturated carbocycles. The van der Waals surface area contributed by atoms with Gasteiger partial charge in [-0.25, -0.2) is 0 Å². The maximum absolute atomic E-state index is 11.5. The SMILES string of the molecule is CCCOCC(=O)Nc1ccc2c(c1)CCN2.Cl. The summed E-state index contributed by atoms with van der Waals surface area (Å²) in [5.74, 6) is -0.0932. The summed E-state index contributed by atoms with van der Waals surface area (Å²) in [5, 5.41) is 6.12. The maximum atomic E-state index is 11.5. The Morgan fingerprint density at radius 1 is 1.50 bits per heavy atom. The number of benzene rings is 1. The van der Waals surface area contributed by atoms with Gasteiger partial charge in [-0.15, -0.1) is 12.4 Å². The first-order chi connectivity index (χ1) is 8.29. The molecule has 18 heavy (non-hydrogen) atoms. The van der Waals surface area contributed by atoms with Crippen molar-refractivity contribution in [2.24, 2.45) is 0 Å². The van der Waals surface area contributed by atoms with E-state index in [2.05, 4.69) is 10.6 Å². The van der Waals surface area contributed by atoms with Crippen LogP contribution in [0.4, 0.5) is 11.4 Å². The van der Waals surface area contributed by atoms with Crippen molar-refractivity contribution in [2.45, 2.75) is 19.8 Å². The van der Waals surface area contributed by atoms with Gasteiger partial charge >= 0.3 is 0 Å². The highest BCUT2D eigenvalue weighted by Gasteiger charge is 2.10. The molecule has 0 unspecified atom stereocenters. The zero-order valence-corrected chi connectivity index (χ0v) is 11.3. The highest BCUT2D eigenvalue weighted by atomic mass is 35.5. The van der Waals surface area contributed by atoms with E-state index in [0.717, 1.165) is 25.1 Å². The van der Waals surface area contributed by atoms with Crippen LogP contribution in [0.25, 0.3) is 0 Å². The Balaban J connectivity index is 0.00000162. The van der Waals surface area contributed by atoms with Crippen LogP contribution in [0.5, 0.6) is 0 Å². The number of amides is 1. The van der Waals surface area contributed by atoms with Crippen LogP contribution in [0, 0.1) is 0 Å². The van der Waals surface area contributed by atoms with Crippen LogP contribution in [-0.2, 0) is 16.0 Å². The van der Waals surface area contributed by atoms with Gasteiger partial charge in [0.05, 0.1) is 0 Å². The van der Waals surface area contributed by atoms with Gasteiger partial charge in [-0.2, -0.15) is 0 Å². The second kappa shape index (κ2) is 7.24. The van der Waals surface area contributed by atoms with E-state index in [9.17, 15) is 4.79 Å². The first kappa shape index (κ1) is 14.8. The lowest BCUT2D eigenvalue weighted by Crippen LogP contribution is -2.18. The molecule has 0 spiro atoms. The number of rotatable bonds is 5. The van der Waals surface area contributed by atoms with Crippen molar-refractivity contribution in [3.8, 4) is 0 Å². The second-order valence-electron chi connectivity index (χ2n) is 4.15. The molecule has 0 radical (unpaired) electrons. The number of hydrogen-bond acceptors (Lipinski definition) is 3. The van der Waals surface area contributed by atoms with Crippen molar-refractivity contribution < 1.29 is 9.53 Å². The molecule has 1 aliphatic rings. The number of anilines is 2. The quantitative estimate of drug-likeness (QED) is 0.808. The minimum absolute atomic E-state index is 0. The maximum Gasteiger partial charge on any atom is 0.250 e. The number of carbonyl (C=O) groups excluding carboxylic acids is 1. The summed E-state index contributed by atoms with van der Waals surface area (Å²) >= 11 is 0. The Hall–Kier alpha value is -1.26. The van der Waals surface area contributed by atoms with Crippen LogP contribution in [-0.4, -0.2) is 25.7 Å². The molecular weight excluding hydrogens is 252 g/mol. The summed E-state index contributed by atoms with van der Waals surface area (Å²) in [6.07, 6.45) is 1.95. The summed E-state index contributed by atoms with van der Waals surface area (Å²) in [6, 6.07) is 5.94. The van der Waals surface area contributed by atoms with E-state index in [1.165, 1.54) is 11.3 Å². The van der Waals surface area contributed by atoms with Crippen LogP contribution in [0.2, 0.25) is 0 Å². The molecule has 100 valence electrons. The van der Waals surface area contributed by atoms with Crippen LogP contribution >= 0.6 is 12.4 Å². The molecule has 0 atom stereocenters. The van der Waals surface area contributed by atoms with Gasteiger partial charge in [-0.3, -0.25) is 4.79 Å². The van der Waals surface area contributed by atoms with E-state index < -0.39 is 0 Å². The Morgan fingerprint density at radius 2 is 2.33 bits per heavy atom. The third-order valence-corrected chi connectivity index (χ3v) is 2.68. The lowest BCUT2D eigenvalue weighted by atomic mass is 10.1. The predicted octanol–water partition coefficient (Wildman–Crippen LogP) is 2.44. The Morgan fingerprint density at radius 3 is 3.11 bits per heavy atom. The number of fused-ring (bicyclic) bond motifs is 1. The number of nitrogens with one attached hydrogen (secondary N) is 2. The summed E-state index contributed by atoms with van der Waals surface area (Å²) in [4.78, 5) is 11.5. The lowest BCUT2D eigenvalue weighted by molar-refractivity contribution is -0.120. The van der Waals surface area contributed by atoms with Gasteiger partial charge in [0.2, 0.25) is 5.91 Å². The molecule has 0 saturated heterocycles. The molecule has 2 rings (SSSR count). The molecule has 1 aliphatic heterocycles. The molecule has 4 nitrogen and oxygen atoms in total. The fourth-order valence-electron chi connectivity index (χ4n) is 1.89. The average Bonchev–Trinajstić information content (AvgIpc) is 2.76. The number of halogens is 1. The Labute approximate surface area is 114 Å². The Kier molecular flexibility index (Phi) is 5.95. The van der Waals surface area contributed by atoms with Crippen molar-refractivity contribution in [3.05, 3.63) is 23.8 Å². The summed E-state index contributed by atoms with van der Waals surface area (Å²) < 4.78 is 5.19. The first-order valence-corrected chi connectivity index (χ1v) is 6.04. The highest BCUT2D eigenvalue weighted by molar-refractivity contribution is 5.92. The van der Waals surface area contributed by atoms with E-state index in [1.807, 2.05) is 25.1 Å². The van der Waals surface area contributed by atoms with Gasteiger partial charge in [-0.1, -0.05) is 6.92 Å². The fourth-order valence-corrected chi connectivity index (χ4v) is 1.89. The van der Waals surface area contributed by atoms with Crippen molar-refractivity contribution >= 4 is 29.7 Å². The lowest BCUT2D eigenvalue weighted by Gasteiger charge is -2.07. The van der Waals surface area contributed by atoms with Crippen LogP contribution in [0.3, 0.4) is 0 Å². The molecule has 1 amide bonds. The van der Waals surface area contributed by atoms with E-state index in [0.29, 0.717) is 6.61 Å². The summed E-state index contributed by atoms with van der Waals surface area (Å²) in [6.45, 7) is 3.75. The summed E-state index contributed by atoms with van der Waals surface area (Å²) in [7, 11) is 0. The van der Waals surface area contributed by atoms with Gasteiger partial charge in [0.25, 0.3) is 0 Å². The van der Waals surface area contributed by atoms with Crippen molar-refractivity contribution in [1.82, 2.24) is 0 Å². The van der Waals surface area contributed by atoms with E-state index in [1.54, 1.807) is 0 Å². The number of hydrogen-bond donors (Lipinski definition) is 2. The van der Waals surface area contributed by atoms with Crippen LogP contribution in [0.15, 0.2) is 18.2 Å². The minimum Gasteiger partial charge on any atom is -0.384 e. The fraction of sp³-hybridized carbons (Fsp3) is 0.462. The average molecular weight is 271 g/mol. The van der Waals surface area contributed by atoms with Gasteiger partial charge < -0.3 is 15.4 Å². The van der Waals surface area contributed by atoms with Crippen LogP contribution in [0.1, 0.15) is 18.9 Å². The van der Waals surface area contributed by atoms with Gasteiger partial charge in [0.15, 0.2) is 0 Å². The topological polar surface area (TPSA) is 50.4 Å². The second-order valence-corrected chi connectivity index (χ2v) is 4.15. The van der Waals surface area contributed by atoms with Gasteiger partial charge in [0, 0.05) is 24.5 Å². The largest absolute Gasteiger partial charge is 0.384 e. The zero-order chi connectivity index (χ0) is 12.1. The van der Waals surface area contributed by atoms with E-state index >= 15 is 0 Å². The molecule has 2 N–H and O–H groups in total. The predicted molar refractivity (Wildman–Crippen MR) is 75.6 cm³/mol. The number of ether oxygens (including phenoxy) is 1. The van der Waals surface area contributed by atoms with Crippen molar-refractivity contribution in [2.75, 3.05) is 30.4 Å². The van der Waals surface area contributed by atoms with E-state index in [-0.39, 0.29) is 24.9 Å². The molecular formula is C13H19ClN2O2. The molecule has 0 bridgehead atoms. The Bertz CT molecular complexity index is 410. The summed E-state index contributed by atoms with van der Waals surface area (Å²) in [5.41, 5.74) is 3.28. The van der Waals surface area contributed by atoms with Gasteiger partial charge in [-0.05, 0) is 36.6 Å². The molecule has 0 aromatic heterocycles. The van der Waals surface area contributed by atoms with Crippen molar-refractivity contribution in [3.63, 3.8) is 0 Å². The first-order valence-electron chi connectivity index (χ1n) is 6.04. The zero-order valence-electron chi connectivity index (χ0n) is 10.5. The molecule has 0 aliphatic carbocycles. The molecule has 0 fully saturated rings. The molecule has 1 heterocycles. The third kappa shape index (κ3) is 3.89. The molecule has 1 aromatic rings. The normalized spacial score (nSPS) is 12.3. The molecule has 5 heteroatoms. The highest BCUT2D eigenvalue weighted by Crippen LogP contribution is 2.25. The van der Waals surface area contributed by atoms with Crippen LogP contribution < -0.4 is 10.6 Å². The van der Waals surface area contributed by atoms with E-state index in [4.69, 9.17) is 4.74 Å². The monoisotopic (exact) mass is 270 g/mol. The van der Waals surface area contributed by atoms with Gasteiger partial charge in [0.1, 0.15) is 6.61 Å². The van der Waals surface area contributed by atoms with Crippen molar-refractivity contribution in [1.29, 1.82) is 0 Å². The smallest absolute Gasteiger partial charge is 0.250 e. The minimum atomic E-state index is -0.0932. The number of carbonyl (C=O) groups is 1. The molecule has 1 aromatic carbocycles.